The highest BCUT2D eigenvalue weighted by Gasteiger charge is 2.17. The van der Waals surface area contributed by atoms with Gasteiger partial charge in [-0.1, -0.05) is 30.2 Å². The van der Waals surface area contributed by atoms with Gasteiger partial charge in [0.05, 0.1) is 12.2 Å². The van der Waals surface area contributed by atoms with Gasteiger partial charge in [-0.3, -0.25) is 9.69 Å². The van der Waals surface area contributed by atoms with E-state index in [9.17, 15) is 4.79 Å². The Hall–Kier alpha value is -1.43. The van der Waals surface area contributed by atoms with Gasteiger partial charge in [0, 0.05) is 11.6 Å². The van der Waals surface area contributed by atoms with Crippen LogP contribution >= 0.6 is 22.9 Å². The summed E-state index contributed by atoms with van der Waals surface area (Å²) in [6, 6.07) is 7.73. The van der Waals surface area contributed by atoms with Crippen molar-refractivity contribution in [3.05, 3.63) is 50.4 Å². The van der Waals surface area contributed by atoms with Crippen molar-refractivity contribution in [1.29, 1.82) is 0 Å². The Kier molecular flexibility index (Phi) is 6.45. The first-order chi connectivity index (χ1) is 12.1. The molecule has 134 valence electrons. The quantitative estimate of drug-likeness (QED) is 0.825. The molecule has 0 atom stereocenters. The van der Waals surface area contributed by atoms with Crippen molar-refractivity contribution in [1.82, 2.24) is 15.2 Å². The fourth-order valence-electron chi connectivity index (χ4n) is 3.09. The molecule has 4 nitrogen and oxygen atoms in total. The van der Waals surface area contributed by atoms with Crippen LogP contribution < -0.4 is 5.32 Å². The molecule has 1 aromatic heterocycles. The number of likely N-dealkylation sites (tertiary alicyclic amines) is 1. The van der Waals surface area contributed by atoms with Crippen molar-refractivity contribution in [2.24, 2.45) is 0 Å². The molecule has 6 heteroatoms. The highest BCUT2D eigenvalue weighted by atomic mass is 35.5. The maximum Gasteiger partial charge on any atom is 0.263 e. The first-order valence-corrected chi connectivity index (χ1v) is 10.0. The van der Waals surface area contributed by atoms with Gasteiger partial charge in [-0.2, -0.15) is 0 Å². The average Bonchev–Trinajstić information content (AvgIpc) is 2.98. The second-order valence-corrected chi connectivity index (χ2v) is 8.01. The molecule has 1 aromatic carbocycles. The first-order valence-electron chi connectivity index (χ1n) is 8.83. The molecule has 0 radical (unpaired) electrons. The molecule has 25 heavy (non-hydrogen) atoms. The van der Waals surface area contributed by atoms with Crippen LogP contribution in [0.1, 0.15) is 45.2 Å². The molecular formula is C19H24ClN3OS. The van der Waals surface area contributed by atoms with Gasteiger partial charge in [0.1, 0.15) is 9.88 Å². The van der Waals surface area contributed by atoms with Crippen LogP contribution in [0.3, 0.4) is 0 Å². The molecule has 1 N–H and O–H groups in total. The monoisotopic (exact) mass is 377 g/mol. The van der Waals surface area contributed by atoms with E-state index in [4.69, 9.17) is 11.6 Å². The molecule has 1 aliphatic rings. The maximum atomic E-state index is 12.4. The van der Waals surface area contributed by atoms with Gasteiger partial charge in [0.2, 0.25) is 0 Å². The molecule has 1 aliphatic heterocycles. The fraction of sp³-hybridized carbons (Fsp3) is 0.474. The zero-order valence-electron chi connectivity index (χ0n) is 14.6. The van der Waals surface area contributed by atoms with Gasteiger partial charge in [-0.25, -0.2) is 4.98 Å². The minimum absolute atomic E-state index is 0.0196. The van der Waals surface area contributed by atoms with Crippen molar-refractivity contribution in [2.45, 2.75) is 39.2 Å². The molecule has 2 heterocycles. The lowest BCUT2D eigenvalue weighted by atomic mass is 10.1. The van der Waals surface area contributed by atoms with E-state index in [2.05, 4.69) is 15.2 Å². The third-order valence-corrected chi connectivity index (χ3v) is 5.86. The van der Waals surface area contributed by atoms with Crippen molar-refractivity contribution >= 4 is 28.8 Å². The number of piperidine rings is 1. The van der Waals surface area contributed by atoms with E-state index < -0.39 is 0 Å². The summed E-state index contributed by atoms with van der Waals surface area (Å²) in [6.07, 6.45) is 4.65. The van der Waals surface area contributed by atoms with Crippen LogP contribution in [0.2, 0.25) is 5.02 Å². The van der Waals surface area contributed by atoms with E-state index in [1.165, 1.54) is 30.6 Å². The van der Waals surface area contributed by atoms with Gasteiger partial charge in [-0.15, -0.1) is 11.3 Å². The second kappa shape index (κ2) is 8.79. The number of benzene rings is 1. The minimum Gasteiger partial charge on any atom is -0.351 e. The van der Waals surface area contributed by atoms with E-state index in [0.29, 0.717) is 6.54 Å². The smallest absolute Gasteiger partial charge is 0.263 e. The van der Waals surface area contributed by atoms with E-state index >= 15 is 0 Å². The number of hydrogen-bond acceptors (Lipinski definition) is 4. The van der Waals surface area contributed by atoms with E-state index in [1.807, 2.05) is 31.2 Å². The van der Waals surface area contributed by atoms with Crippen LogP contribution in [0.4, 0.5) is 0 Å². The minimum atomic E-state index is -0.0196. The Morgan fingerprint density at radius 1 is 1.24 bits per heavy atom. The van der Waals surface area contributed by atoms with Crippen LogP contribution in [0.25, 0.3) is 0 Å². The number of carbonyl (C=O) groups is 1. The summed E-state index contributed by atoms with van der Waals surface area (Å²) < 4.78 is 0. The zero-order valence-corrected chi connectivity index (χ0v) is 16.1. The molecule has 1 amide bonds. The molecule has 0 aliphatic carbocycles. The topological polar surface area (TPSA) is 45.2 Å². The number of aryl methyl sites for hydroxylation is 1. The number of halogens is 1. The van der Waals surface area contributed by atoms with Crippen LogP contribution in [0.15, 0.2) is 24.3 Å². The van der Waals surface area contributed by atoms with Crippen molar-refractivity contribution < 1.29 is 4.79 Å². The third kappa shape index (κ3) is 5.27. The van der Waals surface area contributed by atoms with Crippen LogP contribution in [-0.2, 0) is 13.0 Å². The number of carbonyl (C=O) groups excluding carboxylic acids is 1. The summed E-state index contributed by atoms with van der Waals surface area (Å²) in [5, 5.41) is 4.78. The van der Waals surface area contributed by atoms with Gasteiger partial charge in [0.25, 0.3) is 5.91 Å². The normalized spacial score (nSPS) is 15.3. The number of thiazole rings is 1. The maximum absolute atomic E-state index is 12.4. The predicted molar refractivity (Wildman–Crippen MR) is 103 cm³/mol. The van der Waals surface area contributed by atoms with Gasteiger partial charge >= 0.3 is 0 Å². The highest BCUT2D eigenvalue weighted by molar-refractivity contribution is 7.13. The summed E-state index contributed by atoms with van der Waals surface area (Å²) in [7, 11) is 0. The third-order valence-electron chi connectivity index (χ3n) is 4.47. The van der Waals surface area contributed by atoms with Crippen LogP contribution in [0.5, 0.6) is 0 Å². The largest absolute Gasteiger partial charge is 0.351 e. The van der Waals surface area contributed by atoms with Gasteiger partial charge in [0.15, 0.2) is 0 Å². The molecule has 3 rings (SSSR count). The van der Waals surface area contributed by atoms with Gasteiger partial charge < -0.3 is 5.32 Å². The number of hydrogen-bond donors (Lipinski definition) is 1. The Morgan fingerprint density at radius 2 is 1.96 bits per heavy atom. The predicted octanol–water partition coefficient (Wildman–Crippen LogP) is 4.06. The molecule has 0 saturated carbocycles. The fourth-order valence-corrected chi connectivity index (χ4v) is 4.24. The van der Waals surface area contributed by atoms with E-state index in [1.54, 1.807) is 0 Å². The van der Waals surface area contributed by atoms with Crippen LogP contribution in [-0.4, -0.2) is 35.4 Å². The van der Waals surface area contributed by atoms with E-state index in [0.717, 1.165) is 52.2 Å². The molecule has 0 unspecified atom stereocenters. The molecule has 0 spiro atoms. The molecule has 0 bridgehead atoms. The standard InChI is InChI=1S/C19H24ClN3OS/c1-14-18(25-17(22-14)13-23-11-3-2-4-12-23)19(24)21-10-9-15-5-7-16(20)8-6-15/h5-8H,2-4,9-13H2,1H3,(H,21,24). The second-order valence-electron chi connectivity index (χ2n) is 6.49. The number of amides is 1. The Bertz CT molecular complexity index is 708. The summed E-state index contributed by atoms with van der Waals surface area (Å²) in [4.78, 5) is 20.2. The molecule has 2 aromatic rings. The van der Waals surface area contributed by atoms with Gasteiger partial charge in [-0.05, 0) is 57.0 Å². The Morgan fingerprint density at radius 3 is 2.68 bits per heavy atom. The summed E-state index contributed by atoms with van der Waals surface area (Å²) >= 11 is 7.41. The van der Waals surface area contributed by atoms with Crippen molar-refractivity contribution in [3.63, 3.8) is 0 Å². The molecular weight excluding hydrogens is 354 g/mol. The average molecular weight is 378 g/mol. The number of nitrogens with zero attached hydrogens (tertiary/aromatic N) is 2. The zero-order chi connectivity index (χ0) is 17.6. The lowest BCUT2D eigenvalue weighted by Crippen LogP contribution is -2.29. The summed E-state index contributed by atoms with van der Waals surface area (Å²) in [5.74, 6) is -0.0196. The molecule has 1 saturated heterocycles. The van der Waals surface area contributed by atoms with E-state index in [-0.39, 0.29) is 5.91 Å². The Labute approximate surface area is 158 Å². The number of aromatic nitrogens is 1. The highest BCUT2D eigenvalue weighted by Crippen LogP contribution is 2.21. The summed E-state index contributed by atoms with van der Waals surface area (Å²) in [6.45, 7) is 5.68. The summed E-state index contributed by atoms with van der Waals surface area (Å²) in [5.41, 5.74) is 2.00. The Balaban J connectivity index is 1.52. The van der Waals surface area contributed by atoms with Crippen LogP contribution in [0, 0.1) is 6.92 Å². The first kappa shape index (κ1) is 18.4. The van der Waals surface area contributed by atoms with Crippen molar-refractivity contribution in [2.75, 3.05) is 19.6 Å². The SMILES string of the molecule is Cc1nc(CN2CCCCC2)sc1C(=O)NCCc1ccc(Cl)cc1. The lowest BCUT2D eigenvalue weighted by Gasteiger charge is -2.25. The number of nitrogens with one attached hydrogen (secondary N) is 1. The number of rotatable bonds is 6. The molecule has 1 fully saturated rings. The van der Waals surface area contributed by atoms with Crippen molar-refractivity contribution in [3.8, 4) is 0 Å². The lowest BCUT2D eigenvalue weighted by molar-refractivity contribution is 0.0957.